The van der Waals surface area contributed by atoms with E-state index in [0.29, 0.717) is 17.9 Å². The van der Waals surface area contributed by atoms with Gasteiger partial charge in [-0.2, -0.15) is 0 Å². The number of amides is 1. The molecule has 0 unspecified atom stereocenters. The van der Waals surface area contributed by atoms with Gasteiger partial charge in [-0.05, 0) is 31.0 Å². The number of sulfone groups is 1. The van der Waals surface area contributed by atoms with Crippen LogP contribution >= 0.6 is 0 Å². The van der Waals surface area contributed by atoms with Crippen LogP contribution in [0.1, 0.15) is 28.0 Å². The average Bonchev–Trinajstić information content (AvgIpc) is 3.39. The predicted octanol–water partition coefficient (Wildman–Crippen LogP) is 3.49. The standard InChI is InChI=1S/C23H24N2O5S/c1-16-6-8-18(9-7-16)22-13-21(24-30-22)23(26)25(19-10-11-31(27,28)15-19)14-17-4-3-5-20(12-17)29-2/h3-9,12-13,19H,10-11,14-15H2,1-2H3/t19-/m1/s1. The number of rotatable bonds is 6. The van der Waals surface area contributed by atoms with Crippen LogP contribution in [0.4, 0.5) is 0 Å². The van der Waals surface area contributed by atoms with E-state index in [0.717, 1.165) is 16.7 Å². The second-order valence-electron chi connectivity index (χ2n) is 7.78. The summed E-state index contributed by atoms with van der Waals surface area (Å²) in [5, 5.41) is 3.98. The first-order chi connectivity index (χ1) is 14.8. The van der Waals surface area contributed by atoms with Crippen molar-refractivity contribution in [1.29, 1.82) is 0 Å². The van der Waals surface area contributed by atoms with Crippen LogP contribution in [0.3, 0.4) is 0 Å². The molecular formula is C23H24N2O5S. The number of benzene rings is 2. The molecule has 2 aromatic carbocycles. The topological polar surface area (TPSA) is 89.7 Å². The van der Waals surface area contributed by atoms with Gasteiger partial charge in [0.05, 0.1) is 18.6 Å². The fourth-order valence-corrected chi connectivity index (χ4v) is 5.46. The van der Waals surface area contributed by atoms with Gasteiger partial charge in [-0.3, -0.25) is 4.79 Å². The molecule has 4 rings (SSSR count). The smallest absolute Gasteiger partial charge is 0.276 e. The molecule has 3 aromatic rings. The first kappa shape index (κ1) is 21.1. The van der Waals surface area contributed by atoms with Gasteiger partial charge in [-0.25, -0.2) is 8.42 Å². The molecular weight excluding hydrogens is 416 g/mol. The Balaban J connectivity index is 1.63. The van der Waals surface area contributed by atoms with E-state index in [9.17, 15) is 13.2 Å². The highest BCUT2D eigenvalue weighted by Gasteiger charge is 2.36. The normalized spacial score (nSPS) is 17.4. The Labute approximate surface area is 181 Å². The molecule has 0 saturated carbocycles. The van der Waals surface area contributed by atoms with Crippen LogP contribution in [0.15, 0.2) is 59.1 Å². The summed E-state index contributed by atoms with van der Waals surface area (Å²) in [5.74, 6) is 0.834. The number of hydrogen-bond donors (Lipinski definition) is 0. The molecule has 1 aliphatic rings. The maximum Gasteiger partial charge on any atom is 0.276 e. The molecule has 0 aliphatic carbocycles. The summed E-state index contributed by atoms with van der Waals surface area (Å²) in [6, 6.07) is 16.3. The van der Waals surface area contributed by atoms with Crippen molar-refractivity contribution in [2.24, 2.45) is 0 Å². The van der Waals surface area contributed by atoms with E-state index in [1.807, 2.05) is 55.5 Å². The van der Waals surface area contributed by atoms with Gasteiger partial charge in [-0.15, -0.1) is 0 Å². The molecule has 1 aromatic heterocycles. The molecule has 7 nitrogen and oxygen atoms in total. The molecule has 1 saturated heterocycles. The molecule has 1 fully saturated rings. The number of aromatic nitrogens is 1. The van der Waals surface area contributed by atoms with Gasteiger partial charge in [0.2, 0.25) is 0 Å². The van der Waals surface area contributed by atoms with E-state index >= 15 is 0 Å². The number of nitrogens with zero attached hydrogens (tertiary/aromatic N) is 2. The minimum atomic E-state index is -3.17. The van der Waals surface area contributed by atoms with E-state index in [1.54, 1.807) is 18.1 Å². The van der Waals surface area contributed by atoms with Gasteiger partial charge in [0.15, 0.2) is 21.3 Å². The van der Waals surface area contributed by atoms with Gasteiger partial charge in [0, 0.05) is 24.2 Å². The summed E-state index contributed by atoms with van der Waals surface area (Å²) in [6.45, 7) is 2.24. The zero-order valence-electron chi connectivity index (χ0n) is 17.4. The molecule has 0 radical (unpaired) electrons. The van der Waals surface area contributed by atoms with Crippen molar-refractivity contribution in [3.8, 4) is 17.1 Å². The van der Waals surface area contributed by atoms with Gasteiger partial charge < -0.3 is 14.2 Å². The Morgan fingerprint density at radius 2 is 1.97 bits per heavy atom. The van der Waals surface area contributed by atoms with Crippen LogP contribution in [-0.4, -0.2) is 49.0 Å². The van der Waals surface area contributed by atoms with Crippen molar-refractivity contribution < 1.29 is 22.5 Å². The van der Waals surface area contributed by atoms with Crippen LogP contribution in [0.25, 0.3) is 11.3 Å². The predicted molar refractivity (Wildman–Crippen MR) is 117 cm³/mol. The maximum absolute atomic E-state index is 13.4. The zero-order valence-corrected chi connectivity index (χ0v) is 18.3. The molecule has 8 heteroatoms. The van der Waals surface area contributed by atoms with Crippen LogP contribution in [0.5, 0.6) is 5.75 Å². The Morgan fingerprint density at radius 3 is 2.65 bits per heavy atom. The van der Waals surface area contributed by atoms with E-state index in [-0.39, 0.29) is 29.7 Å². The van der Waals surface area contributed by atoms with E-state index < -0.39 is 15.9 Å². The molecule has 162 valence electrons. The van der Waals surface area contributed by atoms with Crippen LogP contribution in [-0.2, 0) is 16.4 Å². The number of aryl methyl sites for hydroxylation is 1. The number of methoxy groups -OCH3 is 1. The lowest BCUT2D eigenvalue weighted by molar-refractivity contribution is 0.0670. The van der Waals surface area contributed by atoms with Crippen LogP contribution in [0.2, 0.25) is 0 Å². The fraction of sp³-hybridized carbons (Fsp3) is 0.304. The lowest BCUT2D eigenvalue weighted by Gasteiger charge is -2.27. The molecule has 0 bridgehead atoms. The second-order valence-corrected chi connectivity index (χ2v) is 10.0. The number of carbonyl (C=O) groups is 1. The second kappa shape index (κ2) is 8.55. The summed E-state index contributed by atoms with van der Waals surface area (Å²) in [5.41, 5.74) is 2.94. The van der Waals surface area contributed by atoms with E-state index in [2.05, 4.69) is 5.16 Å². The highest BCUT2D eigenvalue weighted by Crippen LogP contribution is 2.26. The third kappa shape index (κ3) is 4.80. The third-order valence-electron chi connectivity index (χ3n) is 5.46. The summed E-state index contributed by atoms with van der Waals surface area (Å²) >= 11 is 0. The van der Waals surface area contributed by atoms with Crippen LogP contribution < -0.4 is 4.74 Å². The summed E-state index contributed by atoms with van der Waals surface area (Å²) < 4.78 is 34.9. The fourth-order valence-electron chi connectivity index (χ4n) is 3.73. The molecule has 31 heavy (non-hydrogen) atoms. The molecule has 0 N–H and O–H groups in total. The Morgan fingerprint density at radius 1 is 1.19 bits per heavy atom. The number of carbonyl (C=O) groups excluding carboxylic acids is 1. The first-order valence-electron chi connectivity index (χ1n) is 10.0. The minimum absolute atomic E-state index is 0.0502. The highest BCUT2D eigenvalue weighted by molar-refractivity contribution is 7.91. The van der Waals surface area contributed by atoms with Gasteiger partial charge in [0.1, 0.15) is 5.75 Å². The summed E-state index contributed by atoms with van der Waals surface area (Å²) in [4.78, 5) is 15.0. The van der Waals surface area contributed by atoms with Crippen molar-refractivity contribution in [2.45, 2.75) is 25.9 Å². The Hall–Kier alpha value is -3.13. The summed E-state index contributed by atoms with van der Waals surface area (Å²) in [7, 11) is -1.59. The van der Waals surface area contributed by atoms with Crippen molar-refractivity contribution in [1.82, 2.24) is 10.1 Å². The maximum atomic E-state index is 13.4. The number of ether oxygens (including phenoxy) is 1. The van der Waals surface area contributed by atoms with Gasteiger partial charge in [0.25, 0.3) is 5.91 Å². The average molecular weight is 441 g/mol. The van der Waals surface area contributed by atoms with E-state index in [4.69, 9.17) is 9.26 Å². The lowest BCUT2D eigenvalue weighted by atomic mass is 10.1. The van der Waals surface area contributed by atoms with Crippen LogP contribution in [0, 0.1) is 6.92 Å². The molecule has 1 aliphatic heterocycles. The zero-order chi connectivity index (χ0) is 22.0. The Bertz CT molecular complexity index is 1180. The SMILES string of the molecule is COc1cccc(CN(C(=O)c2cc(-c3ccc(C)cc3)on2)[C@@H]2CCS(=O)(=O)C2)c1. The number of hydrogen-bond acceptors (Lipinski definition) is 6. The molecule has 1 amide bonds. The molecule has 1 atom stereocenters. The van der Waals surface area contributed by atoms with Gasteiger partial charge in [-0.1, -0.05) is 47.1 Å². The lowest BCUT2D eigenvalue weighted by Crippen LogP contribution is -2.40. The molecule has 2 heterocycles. The summed E-state index contributed by atoms with van der Waals surface area (Å²) in [6.07, 6.45) is 0.403. The van der Waals surface area contributed by atoms with Gasteiger partial charge >= 0.3 is 0 Å². The minimum Gasteiger partial charge on any atom is -0.497 e. The highest BCUT2D eigenvalue weighted by atomic mass is 32.2. The largest absolute Gasteiger partial charge is 0.497 e. The molecule has 0 spiro atoms. The van der Waals surface area contributed by atoms with Crippen molar-refractivity contribution in [3.63, 3.8) is 0 Å². The van der Waals surface area contributed by atoms with Crippen molar-refractivity contribution in [2.75, 3.05) is 18.6 Å². The van der Waals surface area contributed by atoms with Crippen molar-refractivity contribution >= 4 is 15.7 Å². The van der Waals surface area contributed by atoms with E-state index in [1.165, 1.54) is 0 Å². The first-order valence-corrected chi connectivity index (χ1v) is 11.8. The third-order valence-corrected chi connectivity index (χ3v) is 7.21. The van der Waals surface area contributed by atoms with Crippen molar-refractivity contribution in [3.05, 3.63) is 71.4 Å². The Kier molecular flexibility index (Phi) is 5.82. The monoisotopic (exact) mass is 440 g/mol. The quantitative estimate of drug-likeness (QED) is 0.583.